The summed E-state index contributed by atoms with van der Waals surface area (Å²) in [6.45, 7) is 2.25. The first-order valence-corrected chi connectivity index (χ1v) is 12.3. The molecule has 1 fully saturated rings. The van der Waals surface area contributed by atoms with E-state index in [1.54, 1.807) is 18.2 Å². The summed E-state index contributed by atoms with van der Waals surface area (Å²) < 4.78 is 39.8. The van der Waals surface area contributed by atoms with Crippen molar-refractivity contribution in [1.82, 2.24) is 18.8 Å². The minimum Gasteiger partial charge on any atom is -0.440 e. The Labute approximate surface area is 191 Å². The van der Waals surface area contributed by atoms with E-state index >= 15 is 0 Å². The highest BCUT2D eigenvalue weighted by molar-refractivity contribution is 7.89. The number of piperidine rings is 1. The van der Waals surface area contributed by atoms with Crippen LogP contribution in [-0.4, -0.2) is 54.4 Å². The van der Waals surface area contributed by atoms with Gasteiger partial charge in [0, 0.05) is 33.1 Å². The highest BCUT2D eigenvalue weighted by atomic mass is 32.2. The van der Waals surface area contributed by atoms with Crippen LogP contribution in [-0.2, 0) is 16.7 Å². The fourth-order valence-corrected chi connectivity index (χ4v) is 5.30. The third-order valence-electron chi connectivity index (χ3n) is 6.01. The molecule has 0 bridgehead atoms. The molecule has 0 aliphatic carbocycles. The topological polar surface area (TPSA) is 84.7 Å². The Bertz CT molecular complexity index is 1410. The summed E-state index contributed by atoms with van der Waals surface area (Å²) in [7, 11) is -0.512. The highest BCUT2D eigenvalue weighted by Crippen LogP contribution is 2.31. The van der Waals surface area contributed by atoms with Gasteiger partial charge in [-0.2, -0.15) is 0 Å². The Hall–Kier alpha value is -2.53. The van der Waals surface area contributed by atoms with Crippen molar-refractivity contribution in [3.63, 3.8) is 0 Å². The fraction of sp³-hybridized carbons (Fsp3) is 0.364. The Kier molecular flexibility index (Phi) is 5.40. The van der Waals surface area contributed by atoms with Gasteiger partial charge in [0.1, 0.15) is 5.52 Å². The van der Waals surface area contributed by atoms with Crippen molar-refractivity contribution in [2.24, 2.45) is 0 Å². The van der Waals surface area contributed by atoms with Crippen LogP contribution in [0.5, 0.6) is 0 Å². The van der Waals surface area contributed by atoms with Crippen molar-refractivity contribution in [3.05, 3.63) is 53.2 Å². The molecular formula is C22H24N4O4S2. The molecule has 2 aromatic heterocycles. The zero-order chi connectivity index (χ0) is 22.5. The Morgan fingerprint density at radius 2 is 1.84 bits per heavy atom. The summed E-state index contributed by atoms with van der Waals surface area (Å²) in [6.07, 6.45) is 1.85. The van der Waals surface area contributed by atoms with E-state index in [9.17, 15) is 8.42 Å². The van der Waals surface area contributed by atoms with E-state index in [0.717, 1.165) is 42.9 Å². The maximum absolute atomic E-state index is 12.6. The largest absolute Gasteiger partial charge is 0.440 e. The van der Waals surface area contributed by atoms with Crippen LogP contribution in [0.4, 0.5) is 0 Å². The van der Waals surface area contributed by atoms with Crippen molar-refractivity contribution in [3.8, 4) is 0 Å². The minimum absolute atomic E-state index is 0.217. The van der Waals surface area contributed by atoms with E-state index in [2.05, 4.69) is 9.88 Å². The van der Waals surface area contributed by atoms with Crippen LogP contribution in [0.2, 0.25) is 0 Å². The molecule has 5 rings (SSSR count). The summed E-state index contributed by atoms with van der Waals surface area (Å²) in [5, 5.41) is 0. The van der Waals surface area contributed by atoms with Gasteiger partial charge in [-0.05, 0) is 55.4 Å². The molecule has 8 nitrogen and oxygen atoms in total. The first-order chi connectivity index (χ1) is 15.3. The van der Waals surface area contributed by atoms with E-state index < -0.39 is 10.0 Å². The number of nitrogens with zero attached hydrogens (tertiary/aromatic N) is 4. The molecule has 0 spiro atoms. The third kappa shape index (κ3) is 3.77. The molecule has 1 saturated heterocycles. The number of fused-ring (bicyclic) bond motifs is 2. The summed E-state index contributed by atoms with van der Waals surface area (Å²) in [5.41, 5.74) is 2.97. The lowest BCUT2D eigenvalue weighted by Crippen LogP contribution is -2.34. The van der Waals surface area contributed by atoms with Crippen molar-refractivity contribution < 1.29 is 17.3 Å². The number of oxazole rings is 2. The van der Waals surface area contributed by atoms with Crippen LogP contribution in [0.3, 0.4) is 0 Å². The summed E-state index contributed by atoms with van der Waals surface area (Å²) >= 11 is 5.43. The molecular weight excluding hydrogens is 448 g/mol. The number of aromatic nitrogens is 2. The molecule has 3 heterocycles. The lowest BCUT2D eigenvalue weighted by Gasteiger charge is -2.30. The number of para-hydroxylation sites is 2. The maximum Gasteiger partial charge on any atom is 0.270 e. The van der Waals surface area contributed by atoms with Crippen LogP contribution in [0.25, 0.3) is 22.2 Å². The molecule has 1 aliphatic rings. The van der Waals surface area contributed by atoms with Crippen molar-refractivity contribution in [2.75, 3.05) is 27.2 Å². The predicted octanol–water partition coefficient (Wildman–Crippen LogP) is 4.19. The van der Waals surface area contributed by atoms with Gasteiger partial charge in [-0.3, -0.25) is 9.47 Å². The average molecular weight is 473 g/mol. The van der Waals surface area contributed by atoms with E-state index in [1.807, 2.05) is 28.8 Å². The lowest BCUT2D eigenvalue weighted by molar-refractivity contribution is 0.161. The Balaban J connectivity index is 1.35. The van der Waals surface area contributed by atoms with Gasteiger partial charge < -0.3 is 8.83 Å². The zero-order valence-corrected chi connectivity index (χ0v) is 19.5. The Morgan fingerprint density at radius 3 is 2.56 bits per heavy atom. The average Bonchev–Trinajstić information content (AvgIpc) is 3.35. The van der Waals surface area contributed by atoms with Gasteiger partial charge in [-0.25, -0.2) is 17.7 Å². The molecule has 0 saturated carbocycles. The molecule has 1 aliphatic heterocycles. The fourth-order valence-electron chi connectivity index (χ4n) is 4.13. The Morgan fingerprint density at radius 1 is 1.09 bits per heavy atom. The monoisotopic (exact) mass is 472 g/mol. The molecule has 0 atom stereocenters. The quantitative estimate of drug-likeness (QED) is 0.403. The second-order valence-corrected chi connectivity index (χ2v) is 10.8. The second kappa shape index (κ2) is 8.11. The van der Waals surface area contributed by atoms with Crippen LogP contribution >= 0.6 is 12.2 Å². The third-order valence-corrected chi connectivity index (χ3v) is 8.12. The van der Waals surface area contributed by atoms with Gasteiger partial charge in [0.15, 0.2) is 17.1 Å². The van der Waals surface area contributed by atoms with E-state index in [1.165, 1.54) is 18.4 Å². The number of hydrogen-bond donors (Lipinski definition) is 0. The van der Waals surface area contributed by atoms with Crippen LogP contribution in [0.1, 0.15) is 24.7 Å². The van der Waals surface area contributed by atoms with Gasteiger partial charge in [0.25, 0.3) is 4.84 Å². The van der Waals surface area contributed by atoms with Crippen molar-refractivity contribution in [2.45, 2.75) is 30.3 Å². The molecule has 10 heteroatoms. The molecule has 2 aromatic carbocycles. The van der Waals surface area contributed by atoms with Crippen LogP contribution in [0.15, 0.2) is 56.2 Å². The number of likely N-dealkylation sites (tertiary alicyclic amines) is 1. The molecule has 32 heavy (non-hydrogen) atoms. The van der Waals surface area contributed by atoms with E-state index in [-0.39, 0.29) is 10.8 Å². The zero-order valence-electron chi connectivity index (χ0n) is 17.9. The molecule has 168 valence electrons. The van der Waals surface area contributed by atoms with Gasteiger partial charge >= 0.3 is 0 Å². The number of rotatable bonds is 5. The molecule has 4 aromatic rings. The normalized spacial score (nSPS) is 16.5. The van der Waals surface area contributed by atoms with Crippen molar-refractivity contribution >= 4 is 44.4 Å². The summed E-state index contributed by atoms with van der Waals surface area (Å²) in [6, 6.07) is 12.7. The van der Waals surface area contributed by atoms with Crippen LogP contribution in [0, 0.1) is 4.84 Å². The number of hydrogen-bond acceptors (Lipinski definition) is 7. The van der Waals surface area contributed by atoms with Gasteiger partial charge in [0.05, 0.1) is 17.1 Å². The first-order valence-electron chi connectivity index (χ1n) is 10.5. The summed E-state index contributed by atoms with van der Waals surface area (Å²) in [5.74, 6) is 1.08. The maximum atomic E-state index is 12.6. The first kappa shape index (κ1) is 21.3. The molecule has 0 unspecified atom stereocenters. The van der Waals surface area contributed by atoms with Gasteiger partial charge in [-0.1, -0.05) is 12.1 Å². The lowest BCUT2D eigenvalue weighted by atomic mass is 9.97. The predicted molar refractivity (Wildman–Crippen MR) is 123 cm³/mol. The summed E-state index contributed by atoms with van der Waals surface area (Å²) in [4.78, 5) is 7.50. The van der Waals surface area contributed by atoms with Gasteiger partial charge in [0.2, 0.25) is 10.0 Å². The molecule has 0 amide bonds. The van der Waals surface area contributed by atoms with E-state index in [4.69, 9.17) is 21.1 Å². The SMILES string of the molecule is CN(C)S(=O)(=O)c1ccc2oc(=S)n(CN3CCC(c4nc5ccccc5o4)CC3)c2c1. The van der Waals surface area contributed by atoms with Gasteiger partial charge in [-0.15, -0.1) is 0 Å². The number of benzene rings is 2. The van der Waals surface area contributed by atoms with E-state index in [0.29, 0.717) is 22.6 Å². The number of sulfonamides is 1. The molecule has 0 radical (unpaired) electrons. The molecule has 0 N–H and O–H groups in total. The minimum atomic E-state index is -3.54. The standard InChI is InChI=1S/C22H24N4O4S2/c1-24(2)32(27,28)16-7-8-20-18(13-16)26(22(31)30-20)14-25-11-9-15(10-12-25)21-23-17-5-3-4-6-19(17)29-21/h3-8,13,15H,9-12,14H2,1-2H3. The highest BCUT2D eigenvalue weighted by Gasteiger charge is 2.26. The second-order valence-electron chi connectivity index (χ2n) is 8.27. The smallest absolute Gasteiger partial charge is 0.270 e. The van der Waals surface area contributed by atoms with Crippen LogP contribution < -0.4 is 0 Å². The van der Waals surface area contributed by atoms with Crippen molar-refractivity contribution in [1.29, 1.82) is 0 Å².